The maximum absolute atomic E-state index is 11.8. The molecule has 0 bridgehead atoms. The Morgan fingerprint density at radius 1 is 1.53 bits per heavy atom. The third-order valence-electron chi connectivity index (χ3n) is 1.82. The third-order valence-corrected chi connectivity index (χ3v) is 3.90. The molecular weight excluding hydrogens is 280 g/mol. The fourth-order valence-corrected chi connectivity index (χ4v) is 2.87. The lowest BCUT2D eigenvalue weighted by atomic mass is 10.4. The largest absolute Gasteiger partial charge is 0.329 e. The maximum atomic E-state index is 11.8. The lowest BCUT2D eigenvalue weighted by Gasteiger charge is -2.11. The van der Waals surface area contributed by atoms with Gasteiger partial charge in [0, 0.05) is 17.1 Å². The molecule has 0 aliphatic heterocycles. The van der Waals surface area contributed by atoms with Crippen LogP contribution < -0.4 is 10.5 Å². The van der Waals surface area contributed by atoms with Crippen molar-refractivity contribution >= 4 is 26.0 Å². The van der Waals surface area contributed by atoms with Crippen LogP contribution in [-0.4, -0.2) is 21.0 Å². The first kappa shape index (κ1) is 12.6. The molecule has 0 aliphatic rings. The van der Waals surface area contributed by atoms with Gasteiger partial charge in [-0.05, 0) is 25.1 Å². The molecule has 1 aromatic rings. The summed E-state index contributed by atoms with van der Waals surface area (Å²) in [5.41, 5.74) is 5.35. The Bertz CT molecular complexity index is 433. The molecule has 0 aromatic heterocycles. The number of hydrogen-bond donors (Lipinski definition) is 2. The molecule has 84 valence electrons. The molecule has 0 aliphatic carbocycles. The zero-order valence-corrected chi connectivity index (χ0v) is 10.7. The van der Waals surface area contributed by atoms with Gasteiger partial charge in [-0.1, -0.05) is 22.0 Å². The summed E-state index contributed by atoms with van der Waals surface area (Å²) in [5, 5.41) is 0. The van der Waals surface area contributed by atoms with Gasteiger partial charge in [-0.3, -0.25) is 0 Å². The average Bonchev–Trinajstić information content (AvgIpc) is 2.17. The van der Waals surface area contributed by atoms with Gasteiger partial charge in [0.25, 0.3) is 0 Å². The Morgan fingerprint density at radius 2 is 2.20 bits per heavy atom. The van der Waals surface area contributed by atoms with Crippen molar-refractivity contribution in [3.63, 3.8) is 0 Å². The summed E-state index contributed by atoms with van der Waals surface area (Å²) >= 11 is 3.22. The van der Waals surface area contributed by atoms with E-state index in [0.29, 0.717) is 0 Å². The zero-order valence-electron chi connectivity index (χ0n) is 8.27. The number of nitrogens with one attached hydrogen (secondary N) is 1. The predicted molar refractivity (Wildman–Crippen MR) is 63.0 cm³/mol. The summed E-state index contributed by atoms with van der Waals surface area (Å²) in [6.07, 6.45) is 0. The first-order valence-electron chi connectivity index (χ1n) is 4.43. The maximum Gasteiger partial charge on any atom is 0.240 e. The summed E-state index contributed by atoms with van der Waals surface area (Å²) in [6, 6.07) is 6.26. The van der Waals surface area contributed by atoms with E-state index < -0.39 is 10.0 Å². The highest BCUT2D eigenvalue weighted by molar-refractivity contribution is 9.10. The second kappa shape index (κ2) is 5.07. The minimum absolute atomic E-state index is 0.233. The van der Waals surface area contributed by atoms with Crippen LogP contribution in [0.3, 0.4) is 0 Å². The molecule has 0 saturated carbocycles. The Balaban J connectivity index is 2.96. The van der Waals surface area contributed by atoms with Gasteiger partial charge in [-0.25, -0.2) is 13.1 Å². The lowest BCUT2D eigenvalue weighted by Crippen LogP contribution is -2.37. The van der Waals surface area contributed by atoms with Crippen molar-refractivity contribution < 1.29 is 8.42 Å². The minimum Gasteiger partial charge on any atom is -0.329 e. The van der Waals surface area contributed by atoms with E-state index >= 15 is 0 Å². The van der Waals surface area contributed by atoms with Gasteiger partial charge in [0.15, 0.2) is 0 Å². The summed E-state index contributed by atoms with van der Waals surface area (Å²) in [6.45, 7) is 1.99. The Labute approximate surface area is 98.0 Å². The van der Waals surface area contributed by atoms with Gasteiger partial charge in [-0.2, -0.15) is 0 Å². The molecule has 0 radical (unpaired) electrons. The van der Waals surface area contributed by atoms with Crippen molar-refractivity contribution in [3.05, 3.63) is 28.7 Å². The highest BCUT2D eigenvalue weighted by atomic mass is 79.9. The molecular formula is C9H13BrN2O2S. The van der Waals surface area contributed by atoms with Gasteiger partial charge in [0.05, 0.1) is 4.90 Å². The van der Waals surface area contributed by atoms with Crippen molar-refractivity contribution in [2.45, 2.75) is 17.9 Å². The molecule has 0 fully saturated rings. The number of halogens is 1. The number of sulfonamides is 1. The van der Waals surface area contributed by atoms with Crippen LogP contribution in [-0.2, 0) is 10.0 Å². The fraction of sp³-hybridized carbons (Fsp3) is 0.333. The van der Waals surface area contributed by atoms with E-state index in [0.717, 1.165) is 4.47 Å². The second-order valence-corrected chi connectivity index (χ2v) is 5.85. The van der Waals surface area contributed by atoms with E-state index in [1.165, 1.54) is 6.07 Å². The zero-order chi connectivity index (χ0) is 11.5. The van der Waals surface area contributed by atoms with E-state index in [4.69, 9.17) is 5.73 Å². The van der Waals surface area contributed by atoms with Crippen LogP contribution in [0.1, 0.15) is 6.92 Å². The van der Waals surface area contributed by atoms with Gasteiger partial charge >= 0.3 is 0 Å². The van der Waals surface area contributed by atoms with Crippen LogP contribution in [0.4, 0.5) is 0 Å². The molecule has 6 heteroatoms. The fourth-order valence-electron chi connectivity index (χ4n) is 1.02. The topological polar surface area (TPSA) is 72.2 Å². The monoisotopic (exact) mass is 292 g/mol. The van der Waals surface area contributed by atoms with E-state index in [2.05, 4.69) is 20.7 Å². The van der Waals surface area contributed by atoms with E-state index in [1.54, 1.807) is 25.1 Å². The van der Waals surface area contributed by atoms with Crippen LogP contribution in [0.5, 0.6) is 0 Å². The average molecular weight is 293 g/mol. The number of hydrogen-bond acceptors (Lipinski definition) is 3. The lowest BCUT2D eigenvalue weighted by molar-refractivity contribution is 0.562. The third kappa shape index (κ3) is 3.57. The summed E-state index contributed by atoms with van der Waals surface area (Å²) < 4.78 is 26.7. The molecule has 1 atom stereocenters. The molecule has 15 heavy (non-hydrogen) atoms. The van der Waals surface area contributed by atoms with Crippen LogP contribution in [0.2, 0.25) is 0 Å². The first-order valence-corrected chi connectivity index (χ1v) is 6.71. The Hall–Kier alpha value is -0.430. The van der Waals surface area contributed by atoms with Gasteiger partial charge in [-0.15, -0.1) is 0 Å². The molecule has 1 aromatic carbocycles. The number of nitrogens with two attached hydrogens (primary N) is 1. The minimum atomic E-state index is -3.45. The molecule has 0 spiro atoms. The standard InChI is InChI=1S/C9H13BrN2O2S/c1-7(6-11)12-15(13,14)9-4-2-3-8(10)5-9/h2-5,7,12H,6,11H2,1H3/t7-/m1/s1. The SMILES string of the molecule is C[C@H](CN)NS(=O)(=O)c1cccc(Br)c1. The van der Waals surface area contributed by atoms with Crippen LogP contribution in [0, 0.1) is 0 Å². The highest BCUT2D eigenvalue weighted by Gasteiger charge is 2.16. The molecule has 4 nitrogen and oxygen atoms in total. The smallest absolute Gasteiger partial charge is 0.240 e. The molecule has 3 N–H and O–H groups in total. The van der Waals surface area contributed by atoms with E-state index in [-0.39, 0.29) is 17.5 Å². The van der Waals surface area contributed by atoms with Crippen molar-refractivity contribution in [1.29, 1.82) is 0 Å². The molecule has 0 unspecified atom stereocenters. The van der Waals surface area contributed by atoms with E-state index in [1.807, 2.05) is 0 Å². The van der Waals surface area contributed by atoms with Crippen molar-refractivity contribution in [1.82, 2.24) is 4.72 Å². The Morgan fingerprint density at radius 3 is 2.73 bits per heavy atom. The predicted octanol–water partition coefficient (Wildman–Crippen LogP) is 1.07. The quantitative estimate of drug-likeness (QED) is 0.872. The molecule has 1 rings (SSSR count). The number of benzene rings is 1. The normalized spacial score (nSPS) is 13.8. The second-order valence-electron chi connectivity index (χ2n) is 3.22. The van der Waals surface area contributed by atoms with Crippen molar-refractivity contribution in [2.75, 3.05) is 6.54 Å². The number of rotatable bonds is 4. The van der Waals surface area contributed by atoms with Crippen molar-refractivity contribution in [3.8, 4) is 0 Å². The van der Waals surface area contributed by atoms with Gasteiger partial charge in [0.2, 0.25) is 10.0 Å². The molecule has 0 saturated heterocycles. The van der Waals surface area contributed by atoms with Crippen molar-refractivity contribution in [2.24, 2.45) is 5.73 Å². The summed E-state index contributed by atoms with van der Waals surface area (Å²) in [7, 11) is -3.45. The molecule has 0 amide bonds. The highest BCUT2D eigenvalue weighted by Crippen LogP contribution is 2.15. The first-order chi connectivity index (χ1) is 6.95. The Kier molecular flexibility index (Phi) is 4.27. The van der Waals surface area contributed by atoms with E-state index in [9.17, 15) is 8.42 Å². The summed E-state index contributed by atoms with van der Waals surface area (Å²) in [4.78, 5) is 0.233. The van der Waals surface area contributed by atoms with Crippen LogP contribution in [0.25, 0.3) is 0 Å². The molecule has 0 heterocycles. The van der Waals surface area contributed by atoms with Crippen LogP contribution in [0.15, 0.2) is 33.6 Å². The van der Waals surface area contributed by atoms with Crippen LogP contribution >= 0.6 is 15.9 Å². The van der Waals surface area contributed by atoms with Gasteiger partial charge in [0.1, 0.15) is 0 Å². The summed E-state index contributed by atoms with van der Waals surface area (Å²) in [5.74, 6) is 0. The van der Waals surface area contributed by atoms with Gasteiger partial charge < -0.3 is 5.73 Å².